The van der Waals surface area contributed by atoms with Crippen molar-refractivity contribution in [3.05, 3.63) is 66.4 Å². The summed E-state index contributed by atoms with van der Waals surface area (Å²) in [7, 11) is 0. The van der Waals surface area contributed by atoms with Crippen LogP contribution < -0.4 is 10.2 Å². The third-order valence-electron chi connectivity index (χ3n) is 5.07. The lowest BCUT2D eigenvalue weighted by Crippen LogP contribution is -2.56. The van der Waals surface area contributed by atoms with Crippen molar-refractivity contribution < 1.29 is 13.9 Å². The Labute approximate surface area is 174 Å². The first-order valence-electron chi connectivity index (χ1n) is 9.71. The molecular weight excluding hydrogens is 385 g/mol. The van der Waals surface area contributed by atoms with Crippen LogP contribution in [-0.2, 0) is 9.53 Å². The molecule has 0 spiro atoms. The van der Waals surface area contributed by atoms with E-state index in [0.29, 0.717) is 24.7 Å². The summed E-state index contributed by atoms with van der Waals surface area (Å²) < 4.78 is 18.9. The summed E-state index contributed by atoms with van der Waals surface area (Å²) in [5, 5.41) is 2.97. The summed E-state index contributed by atoms with van der Waals surface area (Å²) in [5.74, 6) is 0.441. The first-order valence-corrected chi connectivity index (χ1v) is 9.71. The van der Waals surface area contributed by atoms with E-state index in [-0.39, 0.29) is 12.0 Å². The zero-order chi connectivity index (χ0) is 21.1. The van der Waals surface area contributed by atoms with Crippen molar-refractivity contribution >= 4 is 17.4 Å². The predicted octanol–water partition coefficient (Wildman–Crippen LogP) is 3.22. The highest BCUT2D eigenvalue weighted by Crippen LogP contribution is 2.26. The molecule has 1 amide bonds. The van der Waals surface area contributed by atoms with Crippen molar-refractivity contribution in [2.45, 2.75) is 26.0 Å². The van der Waals surface area contributed by atoms with Crippen molar-refractivity contribution in [3.8, 4) is 11.4 Å². The van der Waals surface area contributed by atoms with E-state index in [4.69, 9.17) is 4.74 Å². The molecule has 30 heavy (non-hydrogen) atoms. The fourth-order valence-electron chi connectivity index (χ4n) is 3.56. The molecule has 3 aromatic rings. The molecule has 1 saturated heterocycles. The molecule has 3 heterocycles. The average molecular weight is 407 g/mol. The van der Waals surface area contributed by atoms with Gasteiger partial charge in [0, 0.05) is 24.0 Å². The van der Waals surface area contributed by atoms with Crippen LogP contribution in [0, 0.1) is 12.7 Å². The molecule has 8 heteroatoms. The van der Waals surface area contributed by atoms with E-state index in [1.807, 2.05) is 49.1 Å². The van der Waals surface area contributed by atoms with Gasteiger partial charge in [0.1, 0.15) is 11.9 Å². The molecular formula is C22H22FN5O2. The Morgan fingerprint density at radius 2 is 2.00 bits per heavy atom. The number of aryl methyl sites for hydroxylation is 1. The summed E-state index contributed by atoms with van der Waals surface area (Å²) >= 11 is 0. The minimum absolute atomic E-state index is 0.192. The van der Waals surface area contributed by atoms with Crippen molar-refractivity contribution in [2.75, 3.05) is 23.4 Å². The molecule has 1 N–H and O–H groups in total. The van der Waals surface area contributed by atoms with E-state index >= 15 is 0 Å². The Hall–Kier alpha value is -3.39. The summed E-state index contributed by atoms with van der Waals surface area (Å²) in [4.78, 5) is 27.6. The molecule has 0 unspecified atom stereocenters. The molecule has 0 aliphatic carbocycles. The molecule has 1 fully saturated rings. The van der Waals surface area contributed by atoms with Crippen molar-refractivity contribution in [3.63, 3.8) is 0 Å². The number of ether oxygens (including phenoxy) is 1. The number of rotatable bonds is 4. The van der Waals surface area contributed by atoms with Crippen LogP contribution in [0.3, 0.4) is 0 Å². The number of nitrogens with one attached hydrogen (secondary N) is 1. The van der Waals surface area contributed by atoms with Gasteiger partial charge in [-0.3, -0.25) is 4.79 Å². The Kier molecular flexibility index (Phi) is 5.67. The Morgan fingerprint density at radius 3 is 2.73 bits per heavy atom. The quantitative estimate of drug-likeness (QED) is 0.715. The highest BCUT2D eigenvalue weighted by Gasteiger charge is 2.36. The SMILES string of the molecule is Cc1ccc(NC(=O)[C@@H]2[C@H](C)OCCN2c2ccccn2)cc1-c1ncc(F)cn1. The number of nitrogens with zero attached hydrogens (tertiary/aromatic N) is 4. The van der Waals surface area contributed by atoms with Gasteiger partial charge < -0.3 is 15.0 Å². The number of hydrogen-bond donors (Lipinski definition) is 1. The summed E-state index contributed by atoms with van der Waals surface area (Å²) in [6, 6.07) is 10.6. The summed E-state index contributed by atoms with van der Waals surface area (Å²) in [6.07, 6.45) is 3.66. The zero-order valence-electron chi connectivity index (χ0n) is 16.7. The predicted molar refractivity (Wildman–Crippen MR) is 112 cm³/mol. The zero-order valence-corrected chi connectivity index (χ0v) is 16.7. The molecule has 7 nitrogen and oxygen atoms in total. The second-order valence-corrected chi connectivity index (χ2v) is 7.15. The maximum Gasteiger partial charge on any atom is 0.249 e. The molecule has 1 aliphatic heterocycles. The van der Waals surface area contributed by atoms with Gasteiger partial charge in [-0.05, 0) is 43.7 Å². The van der Waals surface area contributed by atoms with E-state index < -0.39 is 11.9 Å². The Balaban J connectivity index is 1.59. The second-order valence-electron chi connectivity index (χ2n) is 7.15. The van der Waals surface area contributed by atoms with Crippen molar-refractivity contribution in [1.29, 1.82) is 0 Å². The molecule has 4 rings (SSSR count). The van der Waals surface area contributed by atoms with Gasteiger partial charge in [-0.2, -0.15) is 0 Å². The number of amides is 1. The van der Waals surface area contributed by atoms with Crippen LogP contribution in [0.25, 0.3) is 11.4 Å². The standard InChI is InChI=1S/C22H22FN5O2/c1-14-6-7-17(11-18(14)21-25-12-16(23)13-26-21)27-22(29)20-15(2)30-10-9-28(20)19-5-3-4-8-24-19/h3-8,11-13,15,20H,9-10H2,1-2H3,(H,27,29)/t15-,20-/m0/s1. The van der Waals surface area contributed by atoms with Crippen LogP contribution in [-0.4, -0.2) is 46.2 Å². The van der Waals surface area contributed by atoms with Crippen LogP contribution in [0.4, 0.5) is 15.9 Å². The van der Waals surface area contributed by atoms with Crippen LogP contribution >= 0.6 is 0 Å². The third-order valence-corrected chi connectivity index (χ3v) is 5.07. The lowest BCUT2D eigenvalue weighted by atomic mass is 10.1. The summed E-state index contributed by atoms with van der Waals surface area (Å²) in [6.45, 7) is 4.89. The lowest BCUT2D eigenvalue weighted by molar-refractivity contribution is -0.122. The molecule has 1 aliphatic rings. The Morgan fingerprint density at radius 1 is 1.20 bits per heavy atom. The number of pyridine rings is 1. The number of anilines is 2. The monoisotopic (exact) mass is 407 g/mol. The van der Waals surface area contributed by atoms with Gasteiger partial charge in [0.2, 0.25) is 5.91 Å². The van der Waals surface area contributed by atoms with Gasteiger partial charge in [-0.25, -0.2) is 19.3 Å². The van der Waals surface area contributed by atoms with Crippen LogP contribution in [0.1, 0.15) is 12.5 Å². The second kappa shape index (κ2) is 8.54. The van der Waals surface area contributed by atoms with Gasteiger partial charge in [0.15, 0.2) is 11.6 Å². The molecule has 2 atom stereocenters. The highest BCUT2D eigenvalue weighted by atomic mass is 19.1. The maximum absolute atomic E-state index is 13.2. The van der Waals surface area contributed by atoms with Gasteiger partial charge in [-0.1, -0.05) is 12.1 Å². The minimum atomic E-state index is -0.527. The van der Waals surface area contributed by atoms with Gasteiger partial charge in [0.25, 0.3) is 0 Å². The van der Waals surface area contributed by atoms with E-state index in [0.717, 1.165) is 29.3 Å². The number of carbonyl (C=O) groups excluding carboxylic acids is 1. The molecule has 2 aromatic heterocycles. The average Bonchev–Trinajstić information content (AvgIpc) is 2.76. The van der Waals surface area contributed by atoms with Crippen LogP contribution in [0.2, 0.25) is 0 Å². The first kappa shape index (κ1) is 19.9. The molecule has 154 valence electrons. The van der Waals surface area contributed by atoms with Crippen molar-refractivity contribution in [1.82, 2.24) is 15.0 Å². The van der Waals surface area contributed by atoms with Crippen molar-refractivity contribution in [2.24, 2.45) is 0 Å². The number of benzene rings is 1. The maximum atomic E-state index is 13.2. The number of carbonyl (C=O) groups is 1. The topological polar surface area (TPSA) is 80.2 Å². The normalized spacial score (nSPS) is 18.8. The largest absolute Gasteiger partial charge is 0.374 e. The molecule has 0 radical (unpaired) electrons. The van der Waals surface area contributed by atoms with E-state index in [2.05, 4.69) is 20.3 Å². The smallest absolute Gasteiger partial charge is 0.249 e. The van der Waals surface area contributed by atoms with Crippen LogP contribution in [0.5, 0.6) is 0 Å². The fraction of sp³-hybridized carbons (Fsp3) is 0.273. The number of aromatic nitrogens is 3. The van der Waals surface area contributed by atoms with E-state index in [1.54, 1.807) is 12.3 Å². The fourth-order valence-corrected chi connectivity index (χ4v) is 3.56. The third kappa shape index (κ3) is 4.13. The highest BCUT2D eigenvalue weighted by molar-refractivity contribution is 5.98. The van der Waals surface area contributed by atoms with E-state index in [9.17, 15) is 9.18 Å². The minimum Gasteiger partial charge on any atom is -0.374 e. The van der Waals surface area contributed by atoms with Crippen LogP contribution in [0.15, 0.2) is 55.0 Å². The lowest BCUT2D eigenvalue weighted by Gasteiger charge is -2.39. The van der Waals surface area contributed by atoms with Gasteiger partial charge in [0.05, 0.1) is 25.1 Å². The van der Waals surface area contributed by atoms with E-state index in [1.165, 1.54) is 0 Å². The van der Waals surface area contributed by atoms with Gasteiger partial charge >= 0.3 is 0 Å². The molecule has 0 bridgehead atoms. The molecule has 0 saturated carbocycles. The summed E-state index contributed by atoms with van der Waals surface area (Å²) in [5.41, 5.74) is 2.25. The number of morpholine rings is 1. The number of halogens is 1. The molecule has 1 aromatic carbocycles. The Bertz CT molecular complexity index is 1030. The van der Waals surface area contributed by atoms with Gasteiger partial charge in [-0.15, -0.1) is 0 Å². The number of hydrogen-bond acceptors (Lipinski definition) is 6. The first-order chi connectivity index (χ1) is 14.5.